The number of nitrogens with zero attached hydrogens (tertiary/aromatic N) is 2. The normalized spacial score (nSPS) is 23.0. The Kier molecular flexibility index (Phi) is 3.98. The Morgan fingerprint density at radius 3 is 3.00 bits per heavy atom. The number of hydrogen-bond acceptors (Lipinski definition) is 5. The van der Waals surface area contributed by atoms with Gasteiger partial charge in [-0.05, 0) is 18.9 Å². The average Bonchev–Trinajstić information content (AvgIpc) is 2.76. The summed E-state index contributed by atoms with van der Waals surface area (Å²) in [6.07, 6.45) is 2.79. The van der Waals surface area contributed by atoms with Crippen molar-refractivity contribution in [1.82, 2.24) is 4.98 Å². The minimum atomic E-state index is -0.492. The molecule has 2 atom stereocenters. The molecule has 1 aromatic rings. The Hall–Kier alpha value is -1.40. The number of anilines is 1. The molecular weight excluding hydrogens is 258 g/mol. The minimum absolute atomic E-state index is 0.0136. The van der Waals surface area contributed by atoms with Crippen LogP contribution in [0.5, 0.6) is 0 Å². The van der Waals surface area contributed by atoms with Crippen LogP contribution >= 0.6 is 11.6 Å². The van der Waals surface area contributed by atoms with E-state index in [1.54, 1.807) is 0 Å². The minimum Gasteiger partial charge on any atom is -0.396 e. The first-order valence-corrected chi connectivity index (χ1v) is 6.18. The molecule has 1 fully saturated rings. The molecule has 1 aliphatic rings. The van der Waals surface area contributed by atoms with Crippen molar-refractivity contribution < 1.29 is 10.0 Å². The molecule has 0 aromatic carbocycles. The van der Waals surface area contributed by atoms with Gasteiger partial charge in [-0.15, -0.1) is 0 Å². The third-order valence-electron chi connectivity index (χ3n) is 3.25. The van der Waals surface area contributed by atoms with Crippen molar-refractivity contribution in [2.75, 3.05) is 11.9 Å². The van der Waals surface area contributed by atoms with Crippen molar-refractivity contribution in [3.63, 3.8) is 0 Å². The predicted octanol–water partition coefficient (Wildman–Crippen LogP) is 2.22. The van der Waals surface area contributed by atoms with E-state index in [0.717, 1.165) is 19.3 Å². The van der Waals surface area contributed by atoms with E-state index >= 15 is 0 Å². The number of aliphatic hydroxyl groups is 1. The second-order valence-corrected chi connectivity index (χ2v) is 4.77. The highest BCUT2D eigenvalue weighted by Gasteiger charge is 2.29. The van der Waals surface area contributed by atoms with Gasteiger partial charge in [-0.2, -0.15) is 0 Å². The smallest absolute Gasteiger partial charge is 0.311 e. The van der Waals surface area contributed by atoms with Crippen molar-refractivity contribution in [3.05, 3.63) is 27.4 Å². The van der Waals surface area contributed by atoms with Gasteiger partial charge >= 0.3 is 5.69 Å². The molecule has 6 nitrogen and oxygen atoms in total. The van der Waals surface area contributed by atoms with E-state index in [-0.39, 0.29) is 35.2 Å². The Balaban J connectivity index is 2.22. The molecule has 1 aliphatic carbocycles. The first kappa shape index (κ1) is 13.0. The summed E-state index contributed by atoms with van der Waals surface area (Å²) in [7, 11) is 0. The summed E-state index contributed by atoms with van der Waals surface area (Å²) in [5.41, 5.74) is -0.0945. The predicted molar refractivity (Wildman–Crippen MR) is 67.7 cm³/mol. The Bertz CT molecular complexity index is 455. The molecule has 7 heteroatoms. The Labute approximate surface area is 109 Å². The molecule has 0 radical (unpaired) electrons. The number of rotatable bonds is 4. The van der Waals surface area contributed by atoms with Gasteiger partial charge in [0.25, 0.3) is 0 Å². The summed E-state index contributed by atoms with van der Waals surface area (Å²) < 4.78 is 0. The fourth-order valence-corrected chi connectivity index (χ4v) is 2.45. The third-order valence-corrected chi connectivity index (χ3v) is 3.46. The molecule has 2 unspecified atom stereocenters. The lowest BCUT2D eigenvalue weighted by Crippen LogP contribution is -2.27. The molecule has 0 aliphatic heterocycles. The van der Waals surface area contributed by atoms with E-state index in [2.05, 4.69) is 10.3 Å². The fourth-order valence-electron chi connectivity index (χ4n) is 2.30. The molecule has 2 N–H and O–H groups in total. The zero-order chi connectivity index (χ0) is 13.1. The van der Waals surface area contributed by atoms with Gasteiger partial charge in [-0.3, -0.25) is 10.1 Å². The molecular formula is C11H14ClN3O3. The maximum Gasteiger partial charge on any atom is 0.311 e. The highest BCUT2D eigenvalue weighted by molar-refractivity contribution is 6.29. The average molecular weight is 272 g/mol. The van der Waals surface area contributed by atoms with Crippen molar-refractivity contribution in [1.29, 1.82) is 0 Å². The number of halogens is 1. The van der Waals surface area contributed by atoms with E-state index in [0.29, 0.717) is 0 Å². The van der Waals surface area contributed by atoms with Crippen LogP contribution in [0.4, 0.5) is 11.5 Å². The van der Waals surface area contributed by atoms with Crippen LogP contribution in [0, 0.1) is 16.0 Å². The van der Waals surface area contributed by atoms with Crippen LogP contribution in [0.25, 0.3) is 0 Å². The van der Waals surface area contributed by atoms with E-state index in [9.17, 15) is 15.2 Å². The van der Waals surface area contributed by atoms with Gasteiger partial charge in [0, 0.05) is 24.6 Å². The molecule has 1 aromatic heterocycles. The Morgan fingerprint density at radius 2 is 2.33 bits per heavy atom. The van der Waals surface area contributed by atoms with Gasteiger partial charge in [0.2, 0.25) is 5.82 Å². The number of aromatic nitrogens is 1. The second kappa shape index (κ2) is 5.49. The molecule has 18 heavy (non-hydrogen) atoms. The highest BCUT2D eigenvalue weighted by Crippen LogP contribution is 2.31. The van der Waals surface area contributed by atoms with E-state index in [4.69, 9.17) is 11.6 Å². The summed E-state index contributed by atoms with van der Waals surface area (Å²) in [6, 6.07) is 2.74. The summed E-state index contributed by atoms with van der Waals surface area (Å²) in [5, 5.41) is 23.4. The standard InChI is InChI=1S/C11H14ClN3O3/c12-10-5-4-9(15(17)18)11(14-10)13-8-3-1-2-7(8)6-16/h4-5,7-8,16H,1-3,6H2,(H,13,14). The van der Waals surface area contributed by atoms with Crippen LogP contribution < -0.4 is 5.32 Å². The molecule has 0 amide bonds. The largest absolute Gasteiger partial charge is 0.396 e. The van der Waals surface area contributed by atoms with Crippen LogP contribution in [-0.4, -0.2) is 27.7 Å². The fraction of sp³-hybridized carbons (Fsp3) is 0.545. The first-order chi connectivity index (χ1) is 8.61. The van der Waals surface area contributed by atoms with Crippen molar-refractivity contribution in [2.24, 2.45) is 5.92 Å². The van der Waals surface area contributed by atoms with Crippen LogP contribution in [0.15, 0.2) is 12.1 Å². The van der Waals surface area contributed by atoms with Gasteiger partial charge in [0.1, 0.15) is 5.15 Å². The number of aliphatic hydroxyl groups excluding tert-OH is 1. The molecule has 1 heterocycles. The van der Waals surface area contributed by atoms with E-state index in [1.165, 1.54) is 12.1 Å². The lowest BCUT2D eigenvalue weighted by molar-refractivity contribution is -0.384. The molecule has 2 rings (SSSR count). The number of pyridine rings is 1. The number of nitrogens with one attached hydrogen (secondary N) is 1. The number of hydrogen-bond donors (Lipinski definition) is 2. The second-order valence-electron chi connectivity index (χ2n) is 4.38. The highest BCUT2D eigenvalue weighted by atomic mass is 35.5. The van der Waals surface area contributed by atoms with Gasteiger partial charge in [0.05, 0.1) is 4.92 Å². The summed E-state index contributed by atoms with van der Waals surface area (Å²) >= 11 is 5.75. The van der Waals surface area contributed by atoms with Crippen molar-refractivity contribution in [2.45, 2.75) is 25.3 Å². The molecule has 1 saturated carbocycles. The van der Waals surface area contributed by atoms with Gasteiger partial charge in [-0.1, -0.05) is 18.0 Å². The summed E-state index contributed by atoms with van der Waals surface area (Å²) in [5.74, 6) is 0.295. The zero-order valence-electron chi connectivity index (χ0n) is 9.67. The first-order valence-electron chi connectivity index (χ1n) is 5.80. The van der Waals surface area contributed by atoms with E-state index in [1.807, 2.05) is 0 Å². The number of nitro groups is 1. The van der Waals surface area contributed by atoms with Crippen LogP contribution in [-0.2, 0) is 0 Å². The monoisotopic (exact) mass is 271 g/mol. The van der Waals surface area contributed by atoms with Gasteiger partial charge < -0.3 is 10.4 Å². The van der Waals surface area contributed by atoms with Crippen LogP contribution in [0.2, 0.25) is 5.15 Å². The van der Waals surface area contributed by atoms with Crippen LogP contribution in [0.3, 0.4) is 0 Å². The zero-order valence-corrected chi connectivity index (χ0v) is 10.4. The molecule has 98 valence electrons. The van der Waals surface area contributed by atoms with Crippen LogP contribution in [0.1, 0.15) is 19.3 Å². The van der Waals surface area contributed by atoms with Crippen molar-refractivity contribution >= 4 is 23.1 Å². The Morgan fingerprint density at radius 1 is 1.56 bits per heavy atom. The topological polar surface area (TPSA) is 88.3 Å². The lowest BCUT2D eigenvalue weighted by Gasteiger charge is -2.19. The molecule has 0 spiro atoms. The van der Waals surface area contributed by atoms with Gasteiger partial charge in [-0.25, -0.2) is 4.98 Å². The quantitative estimate of drug-likeness (QED) is 0.498. The summed E-state index contributed by atoms with van der Waals surface area (Å²) in [4.78, 5) is 14.4. The third kappa shape index (κ3) is 2.70. The molecule has 0 bridgehead atoms. The molecule has 0 saturated heterocycles. The summed E-state index contributed by atoms with van der Waals surface area (Å²) in [6.45, 7) is 0.0754. The maximum absolute atomic E-state index is 10.9. The SMILES string of the molecule is O=[N+]([O-])c1ccc(Cl)nc1NC1CCCC1CO. The van der Waals surface area contributed by atoms with Gasteiger partial charge in [0.15, 0.2) is 0 Å². The van der Waals surface area contributed by atoms with E-state index < -0.39 is 4.92 Å². The maximum atomic E-state index is 10.9. The van der Waals surface area contributed by atoms with Crippen molar-refractivity contribution in [3.8, 4) is 0 Å². The lowest BCUT2D eigenvalue weighted by atomic mass is 10.1.